The summed E-state index contributed by atoms with van der Waals surface area (Å²) in [6.45, 7) is 0.787. The SMILES string of the molecule is COc1c(-c2ccc(-c3ccc4c(c3)CCCO4)cc2)nc2ccccc2c1C(N)=O.[HH].[HH]. The van der Waals surface area contributed by atoms with Crippen molar-refractivity contribution in [2.45, 2.75) is 12.8 Å². The van der Waals surface area contributed by atoms with Crippen molar-refractivity contribution in [2.24, 2.45) is 5.73 Å². The smallest absolute Gasteiger partial charge is 0.253 e. The summed E-state index contributed by atoms with van der Waals surface area (Å²) in [5.41, 5.74) is 11.7. The first-order chi connectivity index (χ1) is 15.2. The van der Waals surface area contributed by atoms with Gasteiger partial charge in [-0.2, -0.15) is 0 Å². The minimum atomic E-state index is -0.537. The molecule has 4 aromatic rings. The molecule has 5 rings (SSSR count). The second-order valence-corrected chi connectivity index (χ2v) is 7.60. The summed E-state index contributed by atoms with van der Waals surface area (Å²) in [6.07, 6.45) is 2.08. The number of hydrogen-bond donors (Lipinski definition) is 1. The molecule has 1 amide bonds. The lowest BCUT2D eigenvalue weighted by Crippen LogP contribution is -2.14. The van der Waals surface area contributed by atoms with Gasteiger partial charge in [0, 0.05) is 13.8 Å². The molecular weight excluding hydrogens is 388 g/mol. The van der Waals surface area contributed by atoms with E-state index in [9.17, 15) is 4.79 Å². The highest BCUT2D eigenvalue weighted by atomic mass is 16.5. The minimum absolute atomic E-state index is 0. The van der Waals surface area contributed by atoms with Gasteiger partial charge in [-0.05, 0) is 47.7 Å². The Kier molecular flexibility index (Phi) is 4.79. The van der Waals surface area contributed by atoms with E-state index in [0.29, 0.717) is 27.9 Å². The highest BCUT2D eigenvalue weighted by Gasteiger charge is 2.21. The van der Waals surface area contributed by atoms with E-state index in [4.69, 9.17) is 20.2 Å². The van der Waals surface area contributed by atoms with E-state index in [2.05, 4.69) is 24.3 Å². The highest BCUT2D eigenvalue weighted by Crippen LogP contribution is 2.37. The molecule has 0 saturated heterocycles. The molecule has 2 N–H and O–H groups in total. The number of para-hydroxylation sites is 1. The number of primary amides is 1. The summed E-state index contributed by atoms with van der Waals surface area (Å²) in [5, 5.41) is 0.684. The summed E-state index contributed by atoms with van der Waals surface area (Å²) in [7, 11) is 1.53. The molecule has 3 aromatic carbocycles. The lowest BCUT2D eigenvalue weighted by molar-refractivity contribution is 0.0999. The number of nitrogens with two attached hydrogens (primary N) is 1. The topological polar surface area (TPSA) is 74.4 Å². The first kappa shape index (κ1) is 19.1. The summed E-state index contributed by atoms with van der Waals surface area (Å²) >= 11 is 0. The Labute approximate surface area is 183 Å². The predicted molar refractivity (Wildman–Crippen MR) is 126 cm³/mol. The van der Waals surface area contributed by atoms with Gasteiger partial charge in [-0.3, -0.25) is 4.79 Å². The molecule has 0 fully saturated rings. The fourth-order valence-corrected chi connectivity index (χ4v) is 4.19. The van der Waals surface area contributed by atoms with E-state index >= 15 is 0 Å². The standard InChI is InChI=1S/C26H22N2O3.2H2/c1-30-25-23(26(27)29)20-6-2-3-7-21(20)28-24(25)17-10-8-16(9-11-17)18-12-13-22-19(15-18)5-4-14-31-22;;/h2-3,6-13,15H,4-5,14H2,1H3,(H2,27,29);2*1H. The maximum Gasteiger partial charge on any atom is 0.253 e. The molecule has 2 heterocycles. The number of pyridine rings is 1. The van der Waals surface area contributed by atoms with Gasteiger partial charge in [-0.25, -0.2) is 4.98 Å². The van der Waals surface area contributed by atoms with E-state index in [1.807, 2.05) is 42.5 Å². The van der Waals surface area contributed by atoms with Crippen molar-refractivity contribution in [3.63, 3.8) is 0 Å². The molecule has 0 atom stereocenters. The Morgan fingerprint density at radius 2 is 1.77 bits per heavy atom. The van der Waals surface area contributed by atoms with Crippen LogP contribution in [0.1, 0.15) is 25.2 Å². The van der Waals surface area contributed by atoms with E-state index in [-0.39, 0.29) is 2.85 Å². The molecule has 1 aliphatic heterocycles. The fourth-order valence-electron chi connectivity index (χ4n) is 4.19. The third-order valence-corrected chi connectivity index (χ3v) is 5.70. The van der Waals surface area contributed by atoms with Crippen LogP contribution < -0.4 is 15.2 Å². The van der Waals surface area contributed by atoms with Gasteiger partial charge >= 0.3 is 0 Å². The molecule has 31 heavy (non-hydrogen) atoms. The predicted octanol–water partition coefficient (Wildman–Crippen LogP) is 5.49. The zero-order valence-electron chi connectivity index (χ0n) is 17.2. The number of aromatic nitrogens is 1. The van der Waals surface area contributed by atoms with Crippen molar-refractivity contribution in [2.75, 3.05) is 13.7 Å². The number of carbonyl (C=O) groups is 1. The summed E-state index contributed by atoms with van der Waals surface area (Å²) < 4.78 is 11.3. The van der Waals surface area contributed by atoms with Crippen LogP contribution in [-0.2, 0) is 6.42 Å². The molecule has 5 heteroatoms. The van der Waals surface area contributed by atoms with Crippen molar-refractivity contribution >= 4 is 16.8 Å². The van der Waals surface area contributed by atoms with Crippen LogP contribution in [0.15, 0.2) is 66.7 Å². The molecular formula is C26H26N2O3. The van der Waals surface area contributed by atoms with Gasteiger partial charge in [0.05, 0.1) is 24.8 Å². The largest absolute Gasteiger partial charge is 0.494 e. The van der Waals surface area contributed by atoms with Crippen LogP contribution in [0.4, 0.5) is 0 Å². The van der Waals surface area contributed by atoms with Crippen molar-refractivity contribution in [1.29, 1.82) is 0 Å². The van der Waals surface area contributed by atoms with Crippen molar-refractivity contribution in [1.82, 2.24) is 4.98 Å². The molecule has 0 unspecified atom stereocenters. The van der Waals surface area contributed by atoms with Crippen molar-refractivity contribution in [3.05, 3.63) is 77.9 Å². The second-order valence-electron chi connectivity index (χ2n) is 7.60. The van der Waals surface area contributed by atoms with Crippen LogP contribution in [0.2, 0.25) is 0 Å². The molecule has 1 aromatic heterocycles. The normalized spacial score (nSPS) is 12.8. The molecule has 0 radical (unpaired) electrons. The number of aryl methyl sites for hydroxylation is 1. The third-order valence-electron chi connectivity index (χ3n) is 5.70. The zero-order valence-corrected chi connectivity index (χ0v) is 17.2. The van der Waals surface area contributed by atoms with E-state index in [1.54, 1.807) is 0 Å². The highest BCUT2D eigenvalue weighted by molar-refractivity contribution is 6.09. The Morgan fingerprint density at radius 1 is 1.03 bits per heavy atom. The number of methoxy groups -OCH3 is 1. The molecule has 0 bridgehead atoms. The average molecular weight is 415 g/mol. The van der Waals surface area contributed by atoms with Crippen LogP contribution in [0.25, 0.3) is 33.3 Å². The number of rotatable bonds is 4. The van der Waals surface area contributed by atoms with E-state index in [1.165, 1.54) is 12.7 Å². The van der Waals surface area contributed by atoms with Gasteiger partial charge in [-0.1, -0.05) is 48.5 Å². The number of ether oxygens (including phenoxy) is 2. The van der Waals surface area contributed by atoms with Gasteiger partial charge < -0.3 is 15.2 Å². The van der Waals surface area contributed by atoms with E-state index in [0.717, 1.165) is 41.9 Å². The first-order valence-electron chi connectivity index (χ1n) is 10.3. The molecule has 1 aliphatic rings. The number of benzene rings is 3. The second kappa shape index (κ2) is 7.76. The molecule has 0 saturated carbocycles. The summed E-state index contributed by atoms with van der Waals surface area (Å²) in [6, 6.07) is 21.9. The molecule has 0 aliphatic carbocycles. The van der Waals surface area contributed by atoms with Crippen LogP contribution >= 0.6 is 0 Å². The van der Waals surface area contributed by atoms with Gasteiger partial charge in [0.25, 0.3) is 5.91 Å². The monoisotopic (exact) mass is 414 g/mol. The number of hydrogen-bond acceptors (Lipinski definition) is 4. The van der Waals surface area contributed by atoms with Gasteiger partial charge in [0.15, 0.2) is 5.75 Å². The number of amides is 1. The average Bonchev–Trinajstić information content (AvgIpc) is 2.82. The minimum Gasteiger partial charge on any atom is -0.494 e. The van der Waals surface area contributed by atoms with E-state index < -0.39 is 5.91 Å². The van der Waals surface area contributed by atoms with Crippen LogP contribution in [0.5, 0.6) is 11.5 Å². The Morgan fingerprint density at radius 3 is 2.55 bits per heavy atom. The lowest BCUT2D eigenvalue weighted by Gasteiger charge is -2.18. The van der Waals surface area contributed by atoms with Crippen LogP contribution in [-0.4, -0.2) is 24.6 Å². The Bertz CT molecular complexity index is 1310. The third kappa shape index (κ3) is 3.38. The lowest BCUT2D eigenvalue weighted by atomic mass is 9.97. The molecule has 5 nitrogen and oxygen atoms in total. The van der Waals surface area contributed by atoms with Gasteiger partial charge in [0.1, 0.15) is 11.4 Å². The quantitative estimate of drug-likeness (QED) is 0.479. The Hall–Kier alpha value is -3.86. The number of fused-ring (bicyclic) bond motifs is 2. The summed E-state index contributed by atoms with van der Waals surface area (Å²) in [5.74, 6) is 0.838. The van der Waals surface area contributed by atoms with Crippen LogP contribution in [0.3, 0.4) is 0 Å². The van der Waals surface area contributed by atoms with Gasteiger partial charge in [0.2, 0.25) is 0 Å². The van der Waals surface area contributed by atoms with Crippen molar-refractivity contribution in [3.8, 4) is 33.9 Å². The van der Waals surface area contributed by atoms with Crippen molar-refractivity contribution < 1.29 is 17.1 Å². The van der Waals surface area contributed by atoms with Crippen LogP contribution in [0, 0.1) is 0 Å². The maximum absolute atomic E-state index is 12.2. The molecule has 0 spiro atoms. The zero-order chi connectivity index (χ0) is 21.4. The van der Waals surface area contributed by atoms with Gasteiger partial charge in [-0.15, -0.1) is 0 Å². The summed E-state index contributed by atoms with van der Waals surface area (Å²) in [4.78, 5) is 17.0. The number of carbonyl (C=O) groups excluding carboxylic acids is 1. The maximum atomic E-state index is 12.2. The fraction of sp³-hybridized carbons (Fsp3) is 0.154. The molecule has 158 valence electrons. The number of nitrogens with zero attached hydrogens (tertiary/aromatic N) is 1. The Balaban J connectivity index is 0.00000153. The first-order valence-corrected chi connectivity index (χ1v) is 10.3.